The highest BCUT2D eigenvalue weighted by atomic mass is 79.9. The molecule has 3 nitrogen and oxygen atoms in total. The van der Waals surface area contributed by atoms with Gasteiger partial charge in [-0.15, -0.1) is 0 Å². The van der Waals surface area contributed by atoms with Crippen molar-refractivity contribution in [1.82, 2.24) is 4.98 Å². The average molecular weight is 322 g/mol. The standard InChI is InChI=1S/C15H20BrN3/c1-4-7-19(10(2)3)15-12-8-11(16)5-6-14(12)18-9-13(15)17/h5-6,8-10H,4,7,17H2,1-3H3. The molecule has 0 unspecified atom stereocenters. The van der Waals surface area contributed by atoms with Crippen LogP contribution < -0.4 is 10.6 Å². The van der Waals surface area contributed by atoms with Crippen molar-refractivity contribution in [3.63, 3.8) is 0 Å². The second-order valence-corrected chi connectivity index (χ2v) is 5.93. The smallest absolute Gasteiger partial charge is 0.0745 e. The van der Waals surface area contributed by atoms with Crippen LogP contribution in [0.25, 0.3) is 10.9 Å². The molecule has 0 atom stereocenters. The number of nitrogens with zero attached hydrogens (tertiary/aromatic N) is 2. The molecule has 2 rings (SSSR count). The molecule has 0 amide bonds. The number of fused-ring (bicyclic) bond motifs is 1. The summed E-state index contributed by atoms with van der Waals surface area (Å²) in [4.78, 5) is 6.76. The molecule has 102 valence electrons. The van der Waals surface area contributed by atoms with Crippen molar-refractivity contribution in [1.29, 1.82) is 0 Å². The number of pyridine rings is 1. The van der Waals surface area contributed by atoms with Gasteiger partial charge in [0.25, 0.3) is 0 Å². The first-order valence-electron chi connectivity index (χ1n) is 6.65. The molecule has 1 aromatic carbocycles. The Hall–Kier alpha value is -1.29. The lowest BCUT2D eigenvalue weighted by atomic mass is 10.1. The molecule has 0 aliphatic carbocycles. The molecule has 0 spiro atoms. The van der Waals surface area contributed by atoms with Gasteiger partial charge in [-0.1, -0.05) is 22.9 Å². The van der Waals surface area contributed by atoms with Gasteiger partial charge in [0.2, 0.25) is 0 Å². The maximum atomic E-state index is 6.19. The second-order valence-electron chi connectivity index (χ2n) is 5.01. The summed E-state index contributed by atoms with van der Waals surface area (Å²) >= 11 is 3.53. The van der Waals surface area contributed by atoms with Crippen molar-refractivity contribution in [3.05, 3.63) is 28.9 Å². The lowest BCUT2D eigenvalue weighted by molar-refractivity contribution is 0.674. The van der Waals surface area contributed by atoms with Gasteiger partial charge < -0.3 is 10.6 Å². The molecule has 0 bridgehead atoms. The van der Waals surface area contributed by atoms with E-state index in [-0.39, 0.29) is 0 Å². The molecule has 0 saturated heterocycles. The van der Waals surface area contributed by atoms with Crippen LogP contribution >= 0.6 is 15.9 Å². The van der Waals surface area contributed by atoms with Crippen LogP contribution in [0.4, 0.5) is 11.4 Å². The Morgan fingerprint density at radius 2 is 2.11 bits per heavy atom. The van der Waals surface area contributed by atoms with Crippen molar-refractivity contribution in [2.75, 3.05) is 17.2 Å². The van der Waals surface area contributed by atoms with Crippen molar-refractivity contribution in [2.45, 2.75) is 33.2 Å². The number of nitrogens with two attached hydrogens (primary N) is 1. The summed E-state index contributed by atoms with van der Waals surface area (Å²) in [6.45, 7) is 7.57. The zero-order valence-corrected chi connectivity index (χ0v) is 13.2. The van der Waals surface area contributed by atoms with Crippen LogP contribution in [-0.2, 0) is 0 Å². The van der Waals surface area contributed by atoms with E-state index in [1.54, 1.807) is 6.20 Å². The van der Waals surface area contributed by atoms with E-state index in [1.165, 1.54) is 0 Å². The first-order chi connectivity index (χ1) is 9.04. The SMILES string of the molecule is CCCN(c1c(N)cnc2ccc(Br)cc12)C(C)C. The average Bonchev–Trinajstić information content (AvgIpc) is 2.36. The minimum absolute atomic E-state index is 0.409. The zero-order valence-electron chi connectivity index (χ0n) is 11.7. The molecule has 1 aromatic heterocycles. The highest BCUT2D eigenvalue weighted by Crippen LogP contribution is 2.34. The fraction of sp³-hybridized carbons (Fsp3) is 0.400. The number of anilines is 2. The van der Waals surface area contributed by atoms with Gasteiger partial charge in [0.05, 0.1) is 23.1 Å². The van der Waals surface area contributed by atoms with Crippen molar-refractivity contribution in [3.8, 4) is 0 Å². The summed E-state index contributed by atoms with van der Waals surface area (Å²) in [5.41, 5.74) is 9.01. The summed E-state index contributed by atoms with van der Waals surface area (Å²) in [5.74, 6) is 0. The van der Waals surface area contributed by atoms with Crippen molar-refractivity contribution >= 4 is 38.2 Å². The highest BCUT2D eigenvalue weighted by Gasteiger charge is 2.16. The lowest BCUT2D eigenvalue weighted by Gasteiger charge is -2.30. The molecule has 19 heavy (non-hydrogen) atoms. The Kier molecular flexibility index (Phi) is 4.30. The van der Waals surface area contributed by atoms with E-state index in [0.29, 0.717) is 6.04 Å². The molecular weight excluding hydrogens is 302 g/mol. The fourth-order valence-electron chi connectivity index (χ4n) is 2.36. The number of rotatable bonds is 4. The third kappa shape index (κ3) is 2.84. The number of aromatic nitrogens is 1. The number of nitrogen functional groups attached to an aromatic ring is 1. The van der Waals surface area contributed by atoms with Crippen LogP contribution in [0.15, 0.2) is 28.9 Å². The van der Waals surface area contributed by atoms with Gasteiger partial charge in [-0.3, -0.25) is 4.98 Å². The Morgan fingerprint density at radius 1 is 1.37 bits per heavy atom. The van der Waals surface area contributed by atoms with E-state index in [0.717, 1.165) is 39.7 Å². The van der Waals surface area contributed by atoms with Gasteiger partial charge in [-0.2, -0.15) is 0 Å². The van der Waals surface area contributed by atoms with Crippen LogP contribution in [0.2, 0.25) is 0 Å². The lowest BCUT2D eigenvalue weighted by Crippen LogP contribution is -2.32. The quantitative estimate of drug-likeness (QED) is 0.917. The third-order valence-corrected chi connectivity index (χ3v) is 3.70. The van der Waals surface area contributed by atoms with Crippen LogP contribution in [-0.4, -0.2) is 17.6 Å². The molecule has 4 heteroatoms. The van der Waals surface area contributed by atoms with Crippen LogP contribution in [0.5, 0.6) is 0 Å². The monoisotopic (exact) mass is 321 g/mol. The number of halogens is 1. The van der Waals surface area contributed by atoms with Crippen LogP contribution in [0, 0.1) is 0 Å². The Labute approximate surface area is 122 Å². The minimum Gasteiger partial charge on any atom is -0.396 e. The summed E-state index contributed by atoms with van der Waals surface area (Å²) < 4.78 is 1.05. The first-order valence-corrected chi connectivity index (χ1v) is 7.44. The predicted octanol–water partition coefficient (Wildman–Crippen LogP) is 4.20. The Balaban J connectivity index is 2.68. The second kappa shape index (κ2) is 5.78. The van der Waals surface area contributed by atoms with Gasteiger partial charge in [0.1, 0.15) is 0 Å². The molecule has 0 saturated carbocycles. The molecule has 0 fully saturated rings. The Morgan fingerprint density at radius 3 is 2.74 bits per heavy atom. The van der Waals surface area contributed by atoms with Crippen molar-refractivity contribution < 1.29 is 0 Å². The van der Waals surface area contributed by atoms with E-state index < -0.39 is 0 Å². The summed E-state index contributed by atoms with van der Waals surface area (Å²) in [6, 6.07) is 6.53. The molecule has 1 heterocycles. The molecule has 2 aromatic rings. The number of hydrogen-bond acceptors (Lipinski definition) is 3. The van der Waals surface area contributed by atoms with Gasteiger partial charge in [0, 0.05) is 22.4 Å². The van der Waals surface area contributed by atoms with Crippen LogP contribution in [0.1, 0.15) is 27.2 Å². The van der Waals surface area contributed by atoms with Gasteiger partial charge in [-0.05, 0) is 38.5 Å². The van der Waals surface area contributed by atoms with Crippen molar-refractivity contribution in [2.24, 2.45) is 0 Å². The summed E-state index contributed by atoms with van der Waals surface area (Å²) in [5, 5.41) is 1.11. The van der Waals surface area contributed by atoms with E-state index in [9.17, 15) is 0 Å². The molecule has 0 aliphatic heterocycles. The fourth-order valence-corrected chi connectivity index (χ4v) is 2.72. The van der Waals surface area contributed by atoms with Crippen LogP contribution in [0.3, 0.4) is 0 Å². The molecular formula is C15H20BrN3. The number of benzene rings is 1. The van der Waals surface area contributed by atoms with Gasteiger partial charge in [0.15, 0.2) is 0 Å². The largest absolute Gasteiger partial charge is 0.396 e. The highest BCUT2D eigenvalue weighted by molar-refractivity contribution is 9.10. The minimum atomic E-state index is 0.409. The normalized spacial score (nSPS) is 11.2. The van der Waals surface area contributed by atoms with E-state index >= 15 is 0 Å². The van der Waals surface area contributed by atoms with Gasteiger partial charge >= 0.3 is 0 Å². The summed E-state index contributed by atoms with van der Waals surface area (Å²) in [7, 11) is 0. The molecule has 2 N–H and O–H groups in total. The third-order valence-electron chi connectivity index (χ3n) is 3.20. The van der Waals surface area contributed by atoms with E-state index in [1.807, 2.05) is 12.1 Å². The number of hydrogen-bond donors (Lipinski definition) is 1. The first kappa shape index (κ1) is 14.1. The topological polar surface area (TPSA) is 42.1 Å². The maximum Gasteiger partial charge on any atom is 0.0745 e. The maximum absolute atomic E-state index is 6.19. The zero-order chi connectivity index (χ0) is 14.0. The van der Waals surface area contributed by atoms with E-state index in [4.69, 9.17) is 5.73 Å². The predicted molar refractivity (Wildman–Crippen MR) is 86.6 cm³/mol. The summed E-state index contributed by atoms with van der Waals surface area (Å²) in [6.07, 6.45) is 2.85. The molecule has 0 aliphatic rings. The van der Waals surface area contributed by atoms with Gasteiger partial charge in [-0.25, -0.2) is 0 Å². The Bertz CT molecular complexity index is 576. The van der Waals surface area contributed by atoms with E-state index in [2.05, 4.69) is 52.7 Å². The molecule has 0 radical (unpaired) electrons.